The van der Waals surface area contributed by atoms with Crippen molar-refractivity contribution in [2.24, 2.45) is 0 Å². The fraction of sp³-hybridized carbons (Fsp3) is 0.389. The van der Waals surface area contributed by atoms with E-state index in [0.717, 1.165) is 23.5 Å². The van der Waals surface area contributed by atoms with Crippen LogP contribution in [0.5, 0.6) is 0 Å². The first kappa shape index (κ1) is 17.9. The molecule has 1 saturated heterocycles. The van der Waals surface area contributed by atoms with Crippen molar-refractivity contribution in [3.63, 3.8) is 0 Å². The van der Waals surface area contributed by atoms with Crippen LogP contribution in [0.2, 0.25) is 0 Å². The minimum absolute atomic E-state index is 0.353. The number of piperazine rings is 1. The number of aryl methyl sites for hydroxylation is 2. The lowest BCUT2D eigenvalue weighted by Crippen LogP contribution is -2.49. The third kappa shape index (κ3) is 3.28. The van der Waals surface area contributed by atoms with Gasteiger partial charge in [0.15, 0.2) is 0 Å². The molecular formula is C18H22N6O2S. The van der Waals surface area contributed by atoms with Gasteiger partial charge in [-0.05, 0) is 31.0 Å². The van der Waals surface area contributed by atoms with Gasteiger partial charge in [-0.3, -0.25) is 0 Å². The van der Waals surface area contributed by atoms with E-state index in [2.05, 4.69) is 26.9 Å². The first-order chi connectivity index (χ1) is 13.0. The van der Waals surface area contributed by atoms with Crippen molar-refractivity contribution in [3.05, 3.63) is 47.9 Å². The maximum absolute atomic E-state index is 12.9. The molecule has 1 fully saturated rings. The zero-order chi connectivity index (χ0) is 19.0. The Labute approximate surface area is 158 Å². The Hall–Kier alpha value is -2.52. The van der Waals surface area contributed by atoms with Crippen LogP contribution in [0.1, 0.15) is 18.2 Å². The highest BCUT2D eigenvalue weighted by molar-refractivity contribution is 7.89. The molecule has 1 aliphatic heterocycles. The van der Waals surface area contributed by atoms with E-state index >= 15 is 0 Å². The zero-order valence-electron chi connectivity index (χ0n) is 15.4. The van der Waals surface area contributed by atoms with E-state index in [9.17, 15) is 8.42 Å². The van der Waals surface area contributed by atoms with Crippen LogP contribution in [0.4, 0.5) is 5.82 Å². The van der Waals surface area contributed by atoms with Gasteiger partial charge < -0.3 is 4.90 Å². The molecular weight excluding hydrogens is 364 g/mol. The smallest absolute Gasteiger partial charge is 0.254 e. The molecule has 3 aromatic rings. The summed E-state index contributed by atoms with van der Waals surface area (Å²) in [4.78, 5) is 11.0. The number of anilines is 1. The van der Waals surface area contributed by atoms with E-state index in [4.69, 9.17) is 0 Å². The number of aromatic nitrogens is 4. The molecule has 2 aromatic heterocycles. The molecule has 1 aromatic carbocycles. The predicted octanol–water partition coefficient (Wildman–Crippen LogP) is 1.51. The molecule has 0 bridgehead atoms. The van der Waals surface area contributed by atoms with Gasteiger partial charge in [0.25, 0.3) is 5.78 Å². The molecule has 0 N–H and O–H groups in total. The van der Waals surface area contributed by atoms with Crippen LogP contribution >= 0.6 is 0 Å². The first-order valence-corrected chi connectivity index (χ1v) is 10.4. The second-order valence-electron chi connectivity index (χ2n) is 6.62. The van der Waals surface area contributed by atoms with Gasteiger partial charge in [0.1, 0.15) is 12.1 Å². The Morgan fingerprint density at radius 1 is 1.07 bits per heavy atom. The number of sulfonamides is 1. The number of rotatable bonds is 4. The van der Waals surface area contributed by atoms with Crippen LogP contribution in [-0.2, 0) is 16.4 Å². The number of hydrogen-bond acceptors (Lipinski definition) is 6. The summed E-state index contributed by atoms with van der Waals surface area (Å²) in [5.41, 5.74) is 1.99. The highest BCUT2D eigenvalue weighted by atomic mass is 32.2. The minimum Gasteiger partial charge on any atom is -0.354 e. The van der Waals surface area contributed by atoms with Gasteiger partial charge in [0.05, 0.1) is 4.90 Å². The van der Waals surface area contributed by atoms with Gasteiger partial charge in [-0.15, -0.1) is 0 Å². The van der Waals surface area contributed by atoms with Crippen LogP contribution in [0.15, 0.2) is 41.6 Å². The van der Waals surface area contributed by atoms with Crippen LogP contribution in [0.3, 0.4) is 0 Å². The molecule has 3 heterocycles. The number of nitrogens with zero attached hydrogens (tertiary/aromatic N) is 6. The van der Waals surface area contributed by atoms with E-state index in [-0.39, 0.29) is 0 Å². The Balaban J connectivity index is 1.53. The molecule has 142 valence electrons. The van der Waals surface area contributed by atoms with Crippen molar-refractivity contribution < 1.29 is 8.42 Å². The molecule has 9 heteroatoms. The van der Waals surface area contributed by atoms with Gasteiger partial charge >= 0.3 is 0 Å². The number of benzene rings is 1. The summed E-state index contributed by atoms with van der Waals surface area (Å²) >= 11 is 0. The lowest BCUT2D eigenvalue weighted by Gasteiger charge is -2.35. The lowest BCUT2D eigenvalue weighted by molar-refractivity contribution is 0.383. The van der Waals surface area contributed by atoms with Crippen molar-refractivity contribution in [3.8, 4) is 0 Å². The molecule has 0 radical (unpaired) electrons. The van der Waals surface area contributed by atoms with Gasteiger partial charge in [0, 0.05) is 37.9 Å². The third-order valence-electron chi connectivity index (χ3n) is 4.89. The Kier molecular flexibility index (Phi) is 4.56. The first-order valence-electron chi connectivity index (χ1n) is 9.00. The topological polar surface area (TPSA) is 83.7 Å². The van der Waals surface area contributed by atoms with Crippen LogP contribution in [-0.4, -0.2) is 58.5 Å². The third-order valence-corrected chi connectivity index (χ3v) is 6.81. The Morgan fingerprint density at radius 3 is 2.44 bits per heavy atom. The maximum Gasteiger partial charge on any atom is 0.254 e. The van der Waals surface area contributed by atoms with Gasteiger partial charge in [-0.25, -0.2) is 13.4 Å². The van der Waals surface area contributed by atoms with Crippen molar-refractivity contribution >= 4 is 21.6 Å². The molecule has 4 rings (SSSR count). The maximum atomic E-state index is 12.9. The summed E-state index contributed by atoms with van der Waals surface area (Å²) in [5.74, 6) is 1.44. The zero-order valence-corrected chi connectivity index (χ0v) is 16.2. The van der Waals surface area contributed by atoms with Crippen LogP contribution in [0.25, 0.3) is 5.78 Å². The summed E-state index contributed by atoms with van der Waals surface area (Å²) in [7, 11) is -3.47. The monoisotopic (exact) mass is 386 g/mol. The van der Waals surface area contributed by atoms with Crippen molar-refractivity contribution in [1.29, 1.82) is 0 Å². The molecule has 0 atom stereocenters. The van der Waals surface area contributed by atoms with Crippen LogP contribution in [0, 0.1) is 6.92 Å². The predicted molar refractivity (Wildman–Crippen MR) is 102 cm³/mol. The molecule has 1 aliphatic rings. The molecule has 27 heavy (non-hydrogen) atoms. The molecule has 0 unspecified atom stereocenters. The largest absolute Gasteiger partial charge is 0.354 e. The van der Waals surface area contributed by atoms with E-state index in [1.807, 2.05) is 25.1 Å². The highest BCUT2D eigenvalue weighted by Crippen LogP contribution is 2.22. The van der Waals surface area contributed by atoms with E-state index < -0.39 is 10.0 Å². The summed E-state index contributed by atoms with van der Waals surface area (Å²) in [6, 6.07) is 9.11. The minimum atomic E-state index is -3.47. The van der Waals surface area contributed by atoms with Gasteiger partial charge in [-0.1, -0.05) is 19.1 Å². The summed E-state index contributed by atoms with van der Waals surface area (Å²) in [6.07, 6.45) is 2.37. The standard InChI is InChI=1S/C18H22N6O2S/c1-3-15-4-6-16(7-5-15)27(25,26)23-10-8-22(9-11-23)17-12-14(2)21-18-19-13-20-24(17)18/h4-7,12-13H,3,8-11H2,1-2H3. The van der Waals surface area contributed by atoms with Crippen LogP contribution < -0.4 is 4.90 Å². The molecule has 0 spiro atoms. The Morgan fingerprint density at radius 2 is 1.78 bits per heavy atom. The second-order valence-corrected chi connectivity index (χ2v) is 8.55. The fourth-order valence-electron chi connectivity index (χ4n) is 3.34. The summed E-state index contributed by atoms with van der Waals surface area (Å²) in [5, 5.41) is 4.24. The van der Waals surface area contributed by atoms with Crippen molar-refractivity contribution in [2.45, 2.75) is 25.2 Å². The quantitative estimate of drug-likeness (QED) is 0.676. The van der Waals surface area contributed by atoms with Gasteiger partial charge in [0.2, 0.25) is 10.0 Å². The fourth-order valence-corrected chi connectivity index (χ4v) is 4.76. The number of fused-ring (bicyclic) bond motifs is 1. The highest BCUT2D eigenvalue weighted by Gasteiger charge is 2.29. The molecule has 0 amide bonds. The van der Waals surface area contributed by atoms with E-state index in [0.29, 0.717) is 36.9 Å². The normalized spacial score (nSPS) is 16.1. The molecule has 8 nitrogen and oxygen atoms in total. The summed E-state index contributed by atoms with van der Waals surface area (Å²) < 4.78 is 29.1. The SMILES string of the molecule is CCc1ccc(S(=O)(=O)N2CCN(c3cc(C)nc4ncnn34)CC2)cc1. The van der Waals surface area contributed by atoms with Crippen molar-refractivity contribution in [1.82, 2.24) is 23.9 Å². The average molecular weight is 386 g/mol. The van der Waals surface area contributed by atoms with E-state index in [1.165, 1.54) is 6.33 Å². The Bertz CT molecular complexity index is 1050. The van der Waals surface area contributed by atoms with Crippen molar-refractivity contribution in [2.75, 3.05) is 31.1 Å². The van der Waals surface area contributed by atoms with Gasteiger partial charge in [-0.2, -0.15) is 18.9 Å². The molecule has 0 saturated carbocycles. The lowest BCUT2D eigenvalue weighted by atomic mass is 10.2. The number of hydrogen-bond donors (Lipinski definition) is 0. The molecule has 0 aliphatic carbocycles. The van der Waals surface area contributed by atoms with E-state index in [1.54, 1.807) is 21.0 Å². The average Bonchev–Trinajstić information content (AvgIpc) is 3.16. The summed E-state index contributed by atoms with van der Waals surface area (Å²) in [6.45, 7) is 5.99. The second kappa shape index (κ2) is 6.90.